The standard InChI is InChI=1S/C21H27N3O4S2/c1-14-15(2)29-21(19(14)20(22)26)23-18(25)13-24(16-9-5-3-6-10-16)30(27,28)17-11-7-4-8-12-17/h4,7-8,11-12,16H,3,5-6,9-10,13H2,1-2H3,(H2,22,26)(H,23,25). The molecule has 2 aromatic rings. The lowest BCUT2D eigenvalue weighted by Gasteiger charge is -2.33. The van der Waals surface area contributed by atoms with Gasteiger partial charge in [0.2, 0.25) is 15.9 Å². The minimum absolute atomic E-state index is 0.170. The number of carbonyl (C=O) groups is 2. The third-order valence-corrected chi connectivity index (χ3v) is 8.55. The highest BCUT2D eigenvalue weighted by Crippen LogP contribution is 2.32. The summed E-state index contributed by atoms with van der Waals surface area (Å²) in [6, 6.07) is 7.95. The highest BCUT2D eigenvalue weighted by atomic mass is 32.2. The largest absolute Gasteiger partial charge is 0.365 e. The number of sulfonamides is 1. The fraction of sp³-hybridized carbons (Fsp3) is 0.429. The molecule has 1 aliphatic rings. The summed E-state index contributed by atoms with van der Waals surface area (Å²) >= 11 is 1.26. The third-order valence-electron chi connectivity index (χ3n) is 5.52. The Labute approximate surface area is 181 Å². The Hall–Kier alpha value is -2.23. The van der Waals surface area contributed by atoms with Crippen molar-refractivity contribution in [1.82, 2.24) is 4.31 Å². The number of carbonyl (C=O) groups excluding carboxylic acids is 2. The Bertz CT molecular complexity index is 1030. The smallest absolute Gasteiger partial charge is 0.251 e. The van der Waals surface area contributed by atoms with Crippen LogP contribution in [0.15, 0.2) is 35.2 Å². The van der Waals surface area contributed by atoms with Crippen LogP contribution in [0.3, 0.4) is 0 Å². The lowest BCUT2D eigenvalue weighted by molar-refractivity contribution is -0.116. The normalized spacial score (nSPS) is 15.3. The molecule has 1 heterocycles. The molecular formula is C21H27N3O4S2. The lowest BCUT2D eigenvalue weighted by Crippen LogP contribution is -2.45. The number of amides is 2. The minimum Gasteiger partial charge on any atom is -0.365 e. The van der Waals surface area contributed by atoms with Crippen LogP contribution in [0.2, 0.25) is 0 Å². The van der Waals surface area contributed by atoms with Crippen molar-refractivity contribution in [2.24, 2.45) is 5.73 Å². The van der Waals surface area contributed by atoms with Gasteiger partial charge in [-0.05, 0) is 44.4 Å². The minimum atomic E-state index is -3.83. The SMILES string of the molecule is Cc1sc(NC(=O)CN(C2CCCCC2)S(=O)(=O)c2ccccc2)c(C(N)=O)c1C. The first-order valence-electron chi connectivity index (χ1n) is 9.98. The number of anilines is 1. The Morgan fingerprint density at radius 2 is 1.77 bits per heavy atom. The number of benzene rings is 1. The predicted molar refractivity (Wildman–Crippen MR) is 118 cm³/mol. The maximum absolute atomic E-state index is 13.3. The average molecular weight is 450 g/mol. The molecule has 3 rings (SSSR count). The third kappa shape index (κ3) is 4.74. The van der Waals surface area contributed by atoms with Crippen LogP contribution in [0, 0.1) is 13.8 Å². The van der Waals surface area contributed by atoms with E-state index in [1.54, 1.807) is 37.3 Å². The van der Waals surface area contributed by atoms with Crippen LogP contribution < -0.4 is 11.1 Å². The second-order valence-electron chi connectivity index (χ2n) is 7.55. The number of hydrogen-bond acceptors (Lipinski definition) is 5. The second-order valence-corrected chi connectivity index (χ2v) is 10.7. The van der Waals surface area contributed by atoms with Crippen molar-refractivity contribution in [2.45, 2.75) is 56.9 Å². The van der Waals surface area contributed by atoms with Crippen LogP contribution in [0.4, 0.5) is 5.00 Å². The summed E-state index contributed by atoms with van der Waals surface area (Å²) in [5.41, 5.74) is 6.48. The Morgan fingerprint density at radius 3 is 2.37 bits per heavy atom. The van der Waals surface area contributed by atoms with Gasteiger partial charge in [0.15, 0.2) is 0 Å². The van der Waals surface area contributed by atoms with Gasteiger partial charge in [-0.15, -0.1) is 11.3 Å². The highest BCUT2D eigenvalue weighted by Gasteiger charge is 2.34. The van der Waals surface area contributed by atoms with E-state index in [9.17, 15) is 18.0 Å². The summed E-state index contributed by atoms with van der Waals surface area (Å²) in [4.78, 5) is 25.7. The number of rotatable bonds is 7. The van der Waals surface area contributed by atoms with E-state index < -0.39 is 21.8 Å². The number of aryl methyl sites for hydroxylation is 1. The summed E-state index contributed by atoms with van der Waals surface area (Å²) < 4.78 is 28.0. The first-order valence-corrected chi connectivity index (χ1v) is 12.2. The summed E-state index contributed by atoms with van der Waals surface area (Å²) in [6.07, 6.45) is 4.38. The van der Waals surface area contributed by atoms with Crippen molar-refractivity contribution in [1.29, 1.82) is 0 Å². The molecule has 0 saturated heterocycles. The van der Waals surface area contributed by atoms with Crippen molar-refractivity contribution in [2.75, 3.05) is 11.9 Å². The van der Waals surface area contributed by atoms with Crippen LogP contribution in [0.1, 0.15) is 52.9 Å². The molecule has 1 aromatic heterocycles. The van der Waals surface area contributed by atoms with E-state index in [0.29, 0.717) is 5.00 Å². The van der Waals surface area contributed by atoms with E-state index in [1.165, 1.54) is 15.6 Å². The van der Waals surface area contributed by atoms with Crippen LogP contribution in [0.5, 0.6) is 0 Å². The quantitative estimate of drug-likeness (QED) is 0.675. The molecule has 0 unspecified atom stereocenters. The van der Waals surface area contributed by atoms with Gasteiger partial charge >= 0.3 is 0 Å². The van der Waals surface area contributed by atoms with Crippen molar-refractivity contribution in [3.05, 3.63) is 46.3 Å². The topological polar surface area (TPSA) is 110 Å². The first kappa shape index (κ1) is 22.5. The van der Waals surface area contributed by atoms with Gasteiger partial charge in [-0.1, -0.05) is 37.5 Å². The highest BCUT2D eigenvalue weighted by molar-refractivity contribution is 7.89. The number of primary amides is 1. The Balaban J connectivity index is 1.88. The molecule has 3 N–H and O–H groups in total. The van der Waals surface area contributed by atoms with Crippen LogP contribution in [-0.4, -0.2) is 37.1 Å². The summed E-state index contributed by atoms with van der Waals surface area (Å²) in [5, 5.41) is 3.08. The van der Waals surface area contributed by atoms with E-state index in [2.05, 4.69) is 5.32 Å². The predicted octanol–water partition coefficient (Wildman–Crippen LogP) is 3.43. The summed E-state index contributed by atoms with van der Waals surface area (Å²) in [6.45, 7) is 3.31. The number of nitrogens with two attached hydrogens (primary N) is 1. The number of thiophene rings is 1. The molecule has 162 valence electrons. The van der Waals surface area contributed by atoms with Gasteiger partial charge in [0.25, 0.3) is 5.91 Å². The molecule has 9 heteroatoms. The van der Waals surface area contributed by atoms with Crippen molar-refractivity contribution in [3.63, 3.8) is 0 Å². The number of nitrogens with one attached hydrogen (secondary N) is 1. The van der Waals surface area contributed by atoms with E-state index in [-0.39, 0.29) is 23.0 Å². The number of nitrogens with zero attached hydrogens (tertiary/aromatic N) is 1. The average Bonchev–Trinajstić information content (AvgIpc) is 3.00. The van der Waals surface area contributed by atoms with Gasteiger partial charge in [0.05, 0.1) is 17.0 Å². The molecule has 0 bridgehead atoms. The van der Waals surface area contributed by atoms with Crippen LogP contribution >= 0.6 is 11.3 Å². The molecule has 0 aliphatic heterocycles. The molecule has 2 amide bonds. The Morgan fingerprint density at radius 1 is 1.13 bits per heavy atom. The van der Waals surface area contributed by atoms with E-state index in [1.807, 2.05) is 6.92 Å². The first-order chi connectivity index (χ1) is 14.2. The summed E-state index contributed by atoms with van der Waals surface area (Å²) in [5.74, 6) is -1.10. The fourth-order valence-corrected chi connectivity index (χ4v) is 6.57. The van der Waals surface area contributed by atoms with E-state index in [4.69, 9.17) is 5.73 Å². The van der Waals surface area contributed by atoms with E-state index in [0.717, 1.165) is 42.5 Å². The van der Waals surface area contributed by atoms with Crippen molar-refractivity contribution >= 4 is 38.2 Å². The van der Waals surface area contributed by atoms with Gasteiger partial charge in [-0.3, -0.25) is 9.59 Å². The zero-order chi connectivity index (χ0) is 21.9. The van der Waals surface area contributed by atoms with Crippen LogP contribution in [0.25, 0.3) is 0 Å². The van der Waals surface area contributed by atoms with Gasteiger partial charge < -0.3 is 11.1 Å². The molecule has 0 spiro atoms. The van der Waals surface area contributed by atoms with Gasteiger partial charge in [0, 0.05) is 10.9 Å². The molecule has 1 fully saturated rings. The molecular weight excluding hydrogens is 422 g/mol. The molecule has 1 saturated carbocycles. The molecule has 1 aliphatic carbocycles. The summed E-state index contributed by atoms with van der Waals surface area (Å²) in [7, 11) is -3.83. The molecule has 0 atom stereocenters. The monoisotopic (exact) mass is 449 g/mol. The maximum atomic E-state index is 13.3. The molecule has 30 heavy (non-hydrogen) atoms. The second kappa shape index (κ2) is 9.28. The van der Waals surface area contributed by atoms with Gasteiger partial charge in [0.1, 0.15) is 5.00 Å². The van der Waals surface area contributed by atoms with Crippen LogP contribution in [-0.2, 0) is 14.8 Å². The van der Waals surface area contributed by atoms with Crippen molar-refractivity contribution in [3.8, 4) is 0 Å². The fourth-order valence-electron chi connectivity index (χ4n) is 3.83. The molecule has 1 aromatic carbocycles. The number of hydrogen-bond donors (Lipinski definition) is 2. The Kier molecular flexibility index (Phi) is 6.95. The lowest BCUT2D eigenvalue weighted by atomic mass is 9.95. The molecule has 7 nitrogen and oxygen atoms in total. The maximum Gasteiger partial charge on any atom is 0.251 e. The van der Waals surface area contributed by atoms with Gasteiger partial charge in [-0.25, -0.2) is 8.42 Å². The van der Waals surface area contributed by atoms with E-state index >= 15 is 0 Å². The molecule has 0 radical (unpaired) electrons. The zero-order valence-corrected chi connectivity index (χ0v) is 18.8. The van der Waals surface area contributed by atoms with Crippen molar-refractivity contribution < 1.29 is 18.0 Å². The van der Waals surface area contributed by atoms with Gasteiger partial charge in [-0.2, -0.15) is 4.31 Å². The zero-order valence-electron chi connectivity index (χ0n) is 17.2.